The van der Waals surface area contributed by atoms with Crippen molar-refractivity contribution >= 4 is 17.2 Å². The molecule has 1 amide bonds. The van der Waals surface area contributed by atoms with E-state index in [1.807, 2.05) is 26.4 Å². The van der Waals surface area contributed by atoms with Crippen molar-refractivity contribution < 1.29 is 4.79 Å². The lowest BCUT2D eigenvalue weighted by Crippen LogP contribution is -2.45. The minimum atomic E-state index is -0.0244. The highest BCUT2D eigenvalue weighted by atomic mass is 32.1. The Morgan fingerprint density at radius 3 is 2.65 bits per heavy atom. The Bertz CT molecular complexity index is 340. The number of thiazole rings is 1. The second kappa shape index (κ2) is 6.71. The maximum absolute atomic E-state index is 12.3. The predicted molar refractivity (Wildman–Crippen MR) is 71.0 cm³/mol. The van der Waals surface area contributed by atoms with Gasteiger partial charge in [0.25, 0.3) is 0 Å². The molecule has 1 rings (SSSR count). The van der Waals surface area contributed by atoms with Crippen molar-refractivity contribution in [2.45, 2.75) is 32.9 Å². The number of amides is 1. The molecule has 1 heterocycles. The van der Waals surface area contributed by atoms with Crippen molar-refractivity contribution in [1.29, 1.82) is 0 Å². The maximum atomic E-state index is 12.3. The second-order valence-corrected chi connectivity index (χ2v) is 4.89. The number of likely N-dealkylation sites (N-methyl/N-ethyl adjacent to an activating group) is 2. The van der Waals surface area contributed by atoms with Gasteiger partial charge in [-0.25, -0.2) is 4.98 Å². The zero-order valence-electron chi connectivity index (χ0n) is 11.0. The van der Waals surface area contributed by atoms with Gasteiger partial charge in [0.1, 0.15) is 0 Å². The van der Waals surface area contributed by atoms with E-state index in [1.54, 1.807) is 21.7 Å². The molecule has 0 aliphatic carbocycles. The van der Waals surface area contributed by atoms with Crippen LogP contribution in [-0.2, 0) is 11.3 Å². The average Bonchev–Trinajstić information content (AvgIpc) is 2.82. The van der Waals surface area contributed by atoms with Gasteiger partial charge >= 0.3 is 0 Å². The molecule has 0 saturated heterocycles. The fourth-order valence-electron chi connectivity index (χ4n) is 1.79. The summed E-state index contributed by atoms with van der Waals surface area (Å²) in [6.07, 6.45) is 0.838. The highest BCUT2D eigenvalue weighted by Crippen LogP contribution is 2.09. The lowest BCUT2D eigenvalue weighted by molar-refractivity contribution is -0.135. The smallest absolute Gasteiger partial charge is 0.240 e. The molecule has 17 heavy (non-hydrogen) atoms. The topological polar surface area (TPSA) is 36.4 Å². The number of rotatable bonds is 6. The van der Waals surface area contributed by atoms with Gasteiger partial charge in [0, 0.05) is 12.4 Å². The zero-order valence-corrected chi connectivity index (χ0v) is 11.8. The molecule has 0 bridgehead atoms. The monoisotopic (exact) mass is 255 g/mol. The third kappa shape index (κ3) is 3.78. The van der Waals surface area contributed by atoms with Crippen molar-refractivity contribution in [2.75, 3.05) is 20.6 Å². The lowest BCUT2D eigenvalue weighted by Gasteiger charge is -2.28. The van der Waals surface area contributed by atoms with E-state index in [1.165, 1.54) is 0 Å². The van der Waals surface area contributed by atoms with Crippen LogP contribution in [0.5, 0.6) is 0 Å². The van der Waals surface area contributed by atoms with Gasteiger partial charge in [-0.2, -0.15) is 0 Å². The maximum Gasteiger partial charge on any atom is 0.240 e. The van der Waals surface area contributed by atoms with Crippen molar-refractivity contribution in [3.8, 4) is 0 Å². The standard InChI is InChI=1S/C12H21N3OS/c1-5-11(14(3)6-2)12(16)15(4)7-10-8-17-9-13-10/h8-9,11H,5-7H2,1-4H3. The Morgan fingerprint density at radius 1 is 1.47 bits per heavy atom. The molecule has 96 valence electrons. The van der Waals surface area contributed by atoms with Crippen LogP contribution in [0.1, 0.15) is 26.0 Å². The molecule has 0 N–H and O–H groups in total. The van der Waals surface area contributed by atoms with Crippen LogP contribution in [0.2, 0.25) is 0 Å². The van der Waals surface area contributed by atoms with Gasteiger partial charge in [0.2, 0.25) is 5.91 Å². The first kappa shape index (κ1) is 14.1. The van der Waals surface area contributed by atoms with Crippen molar-refractivity contribution in [1.82, 2.24) is 14.8 Å². The molecule has 0 fully saturated rings. The first-order valence-corrected chi connectivity index (χ1v) is 6.86. The second-order valence-electron chi connectivity index (χ2n) is 4.17. The number of carbonyl (C=O) groups excluding carboxylic acids is 1. The third-order valence-corrected chi connectivity index (χ3v) is 3.60. The summed E-state index contributed by atoms with van der Waals surface area (Å²) in [4.78, 5) is 20.3. The van der Waals surface area contributed by atoms with Gasteiger partial charge in [0.15, 0.2) is 0 Å². The average molecular weight is 255 g/mol. The van der Waals surface area contributed by atoms with Crippen LogP contribution >= 0.6 is 11.3 Å². The van der Waals surface area contributed by atoms with Gasteiger partial charge in [-0.15, -0.1) is 11.3 Å². The molecule has 5 heteroatoms. The Kier molecular flexibility index (Phi) is 5.58. The summed E-state index contributed by atoms with van der Waals surface area (Å²) in [5, 5.41) is 1.98. The molecule has 0 aromatic carbocycles. The zero-order chi connectivity index (χ0) is 12.8. The number of carbonyl (C=O) groups is 1. The first-order chi connectivity index (χ1) is 8.10. The van der Waals surface area contributed by atoms with Crippen LogP contribution in [0.15, 0.2) is 10.9 Å². The first-order valence-electron chi connectivity index (χ1n) is 5.92. The molecule has 1 aromatic rings. The predicted octanol–water partition coefficient (Wildman–Crippen LogP) is 1.83. The summed E-state index contributed by atoms with van der Waals surface area (Å²) in [7, 11) is 3.83. The van der Waals surface area contributed by atoms with Gasteiger partial charge in [-0.05, 0) is 20.0 Å². The minimum absolute atomic E-state index is 0.0244. The van der Waals surface area contributed by atoms with Crippen LogP contribution in [-0.4, -0.2) is 47.4 Å². The van der Waals surface area contributed by atoms with Crippen LogP contribution in [0.3, 0.4) is 0 Å². The normalized spacial score (nSPS) is 12.8. The number of hydrogen-bond acceptors (Lipinski definition) is 4. The highest BCUT2D eigenvalue weighted by molar-refractivity contribution is 7.07. The largest absolute Gasteiger partial charge is 0.338 e. The Labute approximate surface area is 107 Å². The van der Waals surface area contributed by atoms with E-state index in [2.05, 4.69) is 16.8 Å². The molecular weight excluding hydrogens is 234 g/mol. The molecule has 1 unspecified atom stereocenters. The molecule has 0 aliphatic rings. The van der Waals surface area contributed by atoms with E-state index in [0.29, 0.717) is 6.54 Å². The molecule has 0 saturated carbocycles. The fraction of sp³-hybridized carbons (Fsp3) is 0.667. The van der Waals surface area contributed by atoms with E-state index in [4.69, 9.17) is 0 Å². The van der Waals surface area contributed by atoms with Gasteiger partial charge in [-0.3, -0.25) is 9.69 Å². The summed E-state index contributed by atoms with van der Waals surface area (Å²) in [5.41, 5.74) is 2.75. The number of aromatic nitrogens is 1. The Hall–Kier alpha value is -0.940. The summed E-state index contributed by atoms with van der Waals surface area (Å²) < 4.78 is 0. The molecule has 0 aliphatic heterocycles. The molecule has 0 spiro atoms. The lowest BCUT2D eigenvalue weighted by atomic mass is 10.1. The van der Waals surface area contributed by atoms with Crippen LogP contribution in [0, 0.1) is 0 Å². The summed E-state index contributed by atoms with van der Waals surface area (Å²) in [6, 6.07) is -0.0244. The molecule has 1 atom stereocenters. The molecule has 0 radical (unpaired) electrons. The van der Waals surface area contributed by atoms with Crippen LogP contribution < -0.4 is 0 Å². The summed E-state index contributed by atoms with van der Waals surface area (Å²) in [6.45, 7) is 5.59. The van der Waals surface area contributed by atoms with E-state index in [0.717, 1.165) is 18.7 Å². The quantitative estimate of drug-likeness (QED) is 0.778. The third-order valence-electron chi connectivity index (χ3n) is 2.96. The van der Waals surface area contributed by atoms with Crippen molar-refractivity contribution in [3.63, 3.8) is 0 Å². The number of nitrogens with zero attached hydrogens (tertiary/aromatic N) is 3. The van der Waals surface area contributed by atoms with E-state index in [-0.39, 0.29) is 11.9 Å². The van der Waals surface area contributed by atoms with E-state index >= 15 is 0 Å². The highest BCUT2D eigenvalue weighted by Gasteiger charge is 2.23. The summed E-state index contributed by atoms with van der Waals surface area (Å²) in [5.74, 6) is 0.171. The van der Waals surface area contributed by atoms with Gasteiger partial charge in [0.05, 0.1) is 23.8 Å². The minimum Gasteiger partial charge on any atom is -0.338 e. The molecule has 4 nitrogen and oxygen atoms in total. The van der Waals surface area contributed by atoms with Crippen molar-refractivity contribution in [3.05, 3.63) is 16.6 Å². The molecular formula is C12H21N3OS. The van der Waals surface area contributed by atoms with Gasteiger partial charge in [-0.1, -0.05) is 13.8 Å². The Morgan fingerprint density at radius 2 is 2.18 bits per heavy atom. The fourth-order valence-corrected chi connectivity index (χ4v) is 2.34. The Balaban J connectivity index is 2.61. The molecule has 1 aromatic heterocycles. The van der Waals surface area contributed by atoms with Crippen molar-refractivity contribution in [2.24, 2.45) is 0 Å². The summed E-state index contributed by atoms with van der Waals surface area (Å²) >= 11 is 1.56. The van der Waals surface area contributed by atoms with E-state index < -0.39 is 0 Å². The van der Waals surface area contributed by atoms with Gasteiger partial charge < -0.3 is 4.90 Å². The van der Waals surface area contributed by atoms with Crippen LogP contribution in [0.25, 0.3) is 0 Å². The number of hydrogen-bond donors (Lipinski definition) is 0. The van der Waals surface area contributed by atoms with E-state index in [9.17, 15) is 4.79 Å². The SMILES string of the molecule is CCC(C(=O)N(C)Cc1cscn1)N(C)CC. The van der Waals surface area contributed by atoms with Crippen LogP contribution in [0.4, 0.5) is 0 Å².